The normalized spacial score (nSPS) is 19.1. The third-order valence-corrected chi connectivity index (χ3v) is 6.30. The summed E-state index contributed by atoms with van der Waals surface area (Å²) in [4.78, 5) is 37.3. The predicted octanol–water partition coefficient (Wildman–Crippen LogP) is 1.39. The van der Waals surface area contributed by atoms with Gasteiger partial charge < -0.3 is 4.90 Å². The molecular formula is C19H16FN3O5S. The molecule has 2 N–H and O–H groups in total. The Kier molecular flexibility index (Phi) is 4.58. The third-order valence-electron chi connectivity index (χ3n) is 4.90. The molecule has 0 aliphatic carbocycles. The van der Waals surface area contributed by atoms with Crippen molar-refractivity contribution >= 4 is 33.4 Å². The van der Waals surface area contributed by atoms with Crippen LogP contribution in [0.25, 0.3) is 0 Å². The van der Waals surface area contributed by atoms with Crippen LogP contribution >= 0.6 is 0 Å². The molecule has 4 rings (SSSR count). The second-order valence-electron chi connectivity index (χ2n) is 6.83. The SMILES string of the molecule is O=C1CCC(N2Cc3cc(NS(=O)(=O)c4ccc(F)cc4)ccc3C2=O)C(=O)N1. The van der Waals surface area contributed by atoms with Gasteiger partial charge in [0.25, 0.3) is 15.9 Å². The molecule has 2 aliphatic heterocycles. The monoisotopic (exact) mass is 417 g/mol. The van der Waals surface area contributed by atoms with E-state index in [1.807, 2.05) is 0 Å². The first kappa shape index (κ1) is 19.1. The van der Waals surface area contributed by atoms with Crippen molar-refractivity contribution < 1.29 is 27.2 Å². The number of carbonyl (C=O) groups is 3. The van der Waals surface area contributed by atoms with E-state index in [0.717, 1.165) is 24.3 Å². The van der Waals surface area contributed by atoms with Crippen molar-refractivity contribution in [3.05, 3.63) is 59.4 Å². The minimum absolute atomic E-state index is 0.0966. The predicted molar refractivity (Wildman–Crippen MR) is 99.7 cm³/mol. The lowest BCUT2D eigenvalue weighted by atomic mass is 10.0. The number of nitrogens with zero attached hydrogens (tertiary/aromatic N) is 1. The first-order valence-electron chi connectivity index (χ1n) is 8.80. The zero-order chi connectivity index (χ0) is 20.8. The number of imide groups is 1. The molecule has 0 spiro atoms. The fourth-order valence-electron chi connectivity index (χ4n) is 3.47. The molecule has 1 atom stereocenters. The molecule has 8 nitrogen and oxygen atoms in total. The molecule has 3 amide bonds. The summed E-state index contributed by atoms with van der Waals surface area (Å²) in [5.74, 6) is -1.77. The molecule has 2 aromatic rings. The number of benzene rings is 2. The van der Waals surface area contributed by atoms with Crippen molar-refractivity contribution in [3.63, 3.8) is 0 Å². The largest absolute Gasteiger partial charge is 0.322 e. The quantitative estimate of drug-likeness (QED) is 0.730. The van der Waals surface area contributed by atoms with E-state index in [4.69, 9.17) is 0 Å². The molecule has 0 aromatic heterocycles. The van der Waals surface area contributed by atoms with Crippen molar-refractivity contribution in [3.8, 4) is 0 Å². The highest BCUT2D eigenvalue weighted by molar-refractivity contribution is 7.92. The standard InChI is InChI=1S/C19H16FN3O5S/c20-12-1-4-14(5-2-12)29(27,28)22-13-3-6-15-11(9-13)10-23(19(15)26)16-7-8-17(24)21-18(16)25/h1-6,9,16,22H,7-8,10H2,(H,21,24,25). The summed E-state index contributed by atoms with van der Waals surface area (Å²) in [6.07, 6.45) is 0.397. The summed E-state index contributed by atoms with van der Waals surface area (Å²) >= 11 is 0. The number of anilines is 1. The maximum absolute atomic E-state index is 13.0. The summed E-state index contributed by atoms with van der Waals surface area (Å²) < 4.78 is 40.4. The van der Waals surface area contributed by atoms with Crippen molar-refractivity contribution in [2.24, 2.45) is 0 Å². The molecular weight excluding hydrogens is 401 g/mol. The second kappa shape index (κ2) is 6.96. The number of hydrogen-bond donors (Lipinski definition) is 2. The third kappa shape index (κ3) is 3.58. The van der Waals surface area contributed by atoms with Gasteiger partial charge in [0.15, 0.2) is 0 Å². The number of nitrogens with one attached hydrogen (secondary N) is 2. The summed E-state index contributed by atoms with van der Waals surface area (Å²) in [5.41, 5.74) is 1.18. The summed E-state index contributed by atoms with van der Waals surface area (Å²) in [7, 11) is -3.93. The minimum atomic E-state index is -3.93. The van der Waals surface area contributed by atoms with Gasteiger partial charge in [-0.1, -0.05) is 0 Å². The highest BCUT2D eigenvalue weighted by atomic mass is 32.2. The van der Waals surface area contributed by atoms with Crippen LogP contribution in [-0.2, 0) is 26.2 Å². The topological polar surface area (TPSA) is 113 Å². The van der Waals surface area contributed by atoms with Gasteiger partial charge in [0.1, 0.15) is 11.9 Å². The fraction of sp³-hybridized carbons (Fsp3) is 0.211. The number of hydrogen-bond acceptors (Lipinski definition) is 5. The van der Waals surface area contributed by atoms with E-state index >= 15 is 0 Å². The van der Waals surface area contributed by atoms with E-state index in [-0.39, 0.29) is 41.8 Å². The molecule has 150 valence electrons. The Morgan fingerprint density at radius 1 is 1.07 bits per heavy atom. The molecule has 0 bridgehead atoms. The first-order valence-corrected chi connectivity index (χ1v) is 10.3. The van der Waals surface area contributed by atoms with Crippen molar-refractivity contribution in [2.75, 3.05) is 4.72 Å². The molecule has 0 saturated carbocycles. The second-order valence-corrected chi connectivity index (χ2v) is 8.51. The van der Waals surface area contributed by atoms with Gasteiger partial charge in [0, 0.05) is 24.2 Å². The molecule has 10 heteroatoms. The zero-order valence-electron chi connectivity index (χ0n) is 15.0. The molecule has 1 unspecified atom stereocenters. The lowest BCUT2D eigenvalue weighted by Crippen LogP contribution is -2.52. The lowest BCUT2D eigenvalue weighted by Gasteiger charge is -2.29. The number of fused-ring (bicyclic) bond motifs is 1. The van der Waals surface area contributed by atoms with Crippen LogP contribution in [0, 0.1) is 5.82 Å². The van der Waals surface area contributed by atoms with Crippen LogP contribution in [0.15, 0.2) is 47.4 Å². The highest BCUT2D eigenvalue weighted by Gasteiger charge is 2.39. The van der Waals surface area contributed by atoms with Gasteiger partial charge in [0.05, 0.1) is 4.90 Å². The Balaban J connectivity index is 1.55. The van der Waals surface area contributed by atoms with Crippen LogP contribution < -0.4 is 10.0 Å². The lowest BCUT2D eigenvalue weighted by molar-refractivity contribution is -0.136. The Morgan fingerprint density at radius 3 is 2.48 bits per heavy atom. The summed E-state index contributed by atoms with van der Waals surface area (Å²) in [5, 5.41) is 2.23. The number of amides is 3. The summed E-state index contributed by atoms with van der Waals surface area (Å²) in [6, 6.07) is 8.13. The van der Waals surface area contributed by atoms with E-state index in [0.29, 0.717) is 11.1 Å². The molecule has 2 aromatic carbocycles. The molecule has 1 fully saturated rings. The number of rotatable bonds is 4. The van der Waals surface area contributed by atoms with Crippen molar-refractivity contribution in [2.45, 2.75) is 30.3 Å². The molecule has 2 aliphatic rings. The number of halogens is 1. The molecule has 1 saturated heterocycles. The van der Waals surface area contributed by atoms with Crippen LogP contribution in [0.3, 0.4) is 0 Å². The van der Waals surface area contributed by atoms with Gasteiger partial charge in [-0.15, -0.1) is 0 Å². The van der Waals surface area contributed by atoms with Crippen LogP contribution in [0.4, 0.5) is 10.1 Å². The maximum Gasteiger partial charge on any atom is 0.261 e. The Hall–Kier alpha value is -3.27. The average Bonchev–Trinajstić information content (AvgIpc) is 2.97. The Bertz CT molecular complexity index is 1130. The summed E-state index contributed by atoms with van der Waals surface area (Å²) in [6.45, 7) is 0.132. The van der Waals surface area contributed by atoms with Gasteiger partial charge in [-0.3, -0.25) is 24.4 Å². The molecule has 29 heavy (non-hydrogen) atoms. The van der Waals surface area contributed by atoms with E-state index in [9.17, 15) is 27.2 Å². The van der Waals surface area contributed by atoms with Gasteiger partial charge in [-0.2, -0.15) is 0 Å². The van der Waals surface area contributed by atoms with Gasteiger partial charge in [-0.25, -0.2) is 12.8 Å². The number of piperidine rings is 1. The van der Waals surface area contributed by atoms with Gasteiger partial charge >= 0.3 is 0 Å². The smallest absolute Gasteiger partial charge is 0.261 e. The average molecular weight is 417 g/mol. The van der Waals surface area contributed by atoms with Gasteiger partial charge in [-0.05, 0) is 54.4 Å². The molecule has 2 heterocycles. The Morgan fingerprint density at radius 2 is 1.79 bits per heavy atom. The van der Waals surface area contributed by atoms with E-state index in [1.54, 1.807) is 0 Å². The van der Waals surface area contributed by atoms with Crippen LogP contribution in [0.5, 0.6) is 0 Å². The highest BCUT2D eigenvalue weighted by Crippen LogP contribution is 2.30. The number of sulfonamides is 1. The van der Waals surface area contributed by atoms with Crippen molar-refractivity contribution in [1.82, 2.24) is 10.2 Å². The van der Waals surface area contributed by atoms with E-state index in [1.165, 1.54) is 23.1 Å². The first-order chi connectivity index (χ1) is 13.7. The van der Waals surface area contributed by atoms with Gasteiger partial charge in [0.2, 0.25) is 11.8 Å². The van der Waals surface area contributed by atoms with E-state index in [2.05, 4.69) is 10.0 Å². The minimum Gasteiger partial charge on any atom is -0.322 e. The van der Waals surface area contributed by atoms with Crippen LogP contribution in [0.2, 0.25) is 0 Å². The van der Waals surface area contributed by atoms with Crippen molar-refractivity contribution in [1.29, 1.82) is 0 Å². The van der Waals surface area contributed by atoms with E-state index < -0.39 is 27.8 Å². The number of carbonyl (C=O) groups excluding carboxylic acids is 3. The maximum atomic E-state index is 13.0. The zero-order valence-corrected chi connectivity index (χ0v) is 15.8. The van der Waals surface area contributed by atoms with Crippen LogP contribution in [-0.4, -0.2) is 37.1 Å². The van der Waals surface area contributed by atoms with Crippen LogP contribution in [0.1, 0.15) is 28.8 Å². The Labute approximate surface area is 165 Å². The molecule has 0 radical (unpaired) electrons. The fourth-order valence-corrected chi connectivity index (χ4v) is 4.52.